The molecule has 0 radical (unpaired) electrons. The highest BCUT2D eigenvalue weighted by Crippen LogP contribution is 2.30. The summed E-state index contributed by atoms with van der Waals surface area (Å²) in [5, 5.41) is 50.0. The molecular weight excluding hydrogens is 843 g/mol. The van der Waals surface area contributed by atoms with Gasteiger partial charge in [0.25, 0.3) is 11.4 Å². The summed E-state index contributed by atoms with van der Waals surface area (Å²) < 4.78 is 0. The quantitative estimate of drug-likeness (QED) is 0.0637. The van der Waals surface area contributed by atoms with Gasteiger partial charge in [-0.2, -0.15) is 0 Å². The molecule has 0 aromatic heterocycles. The molecule has 3 aromatic carbocycles. The lowest BCUT2D eigenvalue weighted by Gasteiger charge is -2.31. The summed E-state index contributed by atoms with van der Waals surface area (Å²) in [5.74, 6) is -4.08. The Hall–Kier alpha value is -7.12. The van der Waals surface area contributed by atoms with Gasteiger partial charge in [-0.15, -0.1) is 0 Å². The Morgan fingerprint density at radius 3 is 2.08 bits per heavy atom. The van der Waals surface area contributed by atoms with Gasteiger partial charge in [0.1, 0.15) is 47.7 Å². The molecule has 348 valence electrons. The van der Waals surface area contributed by atoms with Crippen LogP contribution in [0.15, 0.2) is 72.8 Å². The molecule has 6 amide bonds. The second kappa shape index (κ2) is 22.5. The second-order valence-corrected chi connectivity index (χ2v) is 17.1. The topological polar surface area (TPSA) is 284 Å². The third kappa shape index (κ3) is 13.4. The molecule has 2 heterocycles. The zero-order valence-electron chi connectivity index (χ0n) is 36.8. The lowest BCUT2D eigenvalue weighted by Crippen LogP contribution is -2.60. The Morgan fingerprint density at radius 1 is 0.785 bits per heavy atom. The molecule has 20 heteroatoms. The largest absolute Gasteiger partial charge is 0.508 e. The molecular formula is C45H57N9O11. The van der Waals surface area contributed by atoms with Crippen molar-refractivity contribution in [2.75, 3.05) is 18.4 Å². The van der Waals surface area contributed by atoms with E-state index >= 15 is 0 Å². The van der Waals surface area contributed by atoms with Crippen LogP contribution in [-0.4, -0.2) is 105 Å². The summed E-state index contributed by atoms with van der Waals surface area (Å²) in [6.07, 6.45) is 1.85. The number of carbonyl (C=O) groups excluding carboxylic acids is 6. The number of aromatic hydroxyl groups is 1. The number of non-ortho nitro benzene ring substituents is 1. The highest BCUT2D eigenvalue weighted by Gasteiger charge is 2.40. The highest BCUT2D eigenvalue weighted by atomic mass is 16.6. The van der Waals surface area contributed by atoms with Gasteiger partial charge in [-0.1, -0.05) is 70.2 Å². The van der Waals surface area contributed by atoms with Crippen molar-refractivity contribution in [1.29, 1.82) is 0 Å². The van der Waals surface area contributed by atoms with Crippen molar-refractivity contribution in [2.24, 2.45) is 11.8 Å². The summed E-state index contributed by atoms with van der Waals surface area (Å²) in [5.41, 5.74) is 0.000277. The van der Waals surface area contributed by atoms with Gasteiger partial charge < -0.3 is 41.9 Å². The molecule has 2 aliphatic heterocycles. The molecule has 5 rings (SSSR count). The predicted octanol–water partition coefficient (Wildman–Crippen LogP) is 3.02. The number of nitrogens with zero attached hydrogens (tertiary/aromatic N) is 3. The minimum atomic E-state index is -1.26. The normalized spacial score (nSPS) is 17.8. The fraction of sp³-hybridized carbons (Fsp3) is 0.467. The molecule has 0 saturated carbocycles. The standard InChI is InChI=1S/C45H57N9O11/c1-26(2)22-34(47-32-19-16-30(53(62)63)25-38(32)54(64)65)41(57)50-36(24-28-10-6-5-7-11-28)45(61)52-21-9-13-37(52)43(59)49-35(23-29-14-17-31(55)18-15-29)42(58)51-39(27(3)4)44(60)48-33-12-8-20-46-40(33)56/h5-7,10-11,14-19,25-27,33-37,39,47,55H,8-9,12-13,20-24H2,1-4H3,(H,46,56)(H,48,60)(H,49,59)(H,50,57)(H,51,58)/t33-,34-,35+,36+,37-,39-/m0/s1. The minimum Gasteiger partial charge on any atom is -0.508 e. The number of likely N-dealkylation sites (tertiary alicyclic amines) is 1. The maximum Gasteiger partial charge on any atom is 0.299 e. The Bertz CT molecular complexity index is 2220. The van der Waals surface area contributed by atoms with Crippen LogP contribution in [0.4, 0.5) is 17.1 Å². The number of piperidine rings is 1. The molecule has 0 unspecified atom stereocenters. The van der Waals surface area contributed by atoms with Gasteiger partial charge in [0.05, 0.1) is 15.9 Å². The summed E-state index contributed by atoms with van der Waals surface area (Å²) in [4.78, 5) is 106. The van der Waals surface area contributed by atoms with Crippen LogP contribution < -0.4 is 31.9 Å². The Morgan fingerprint density at radius 2 is 1.45 bits per heavy atom. The van der Waals surface area contributed by atoms with Crippen molar-refractivity contribution in [3.8, 4) is 5.75 Å². The van der Waals surface area contributed by atoms with Gasteiger partial charge in [0, 0.05) is 32.0 Å². The number of nitrogens with one attached hydrogen (secondary N) is 6. The molecule has 0 aliphatic carbocycles. The van der Waals surface area contributed by atoms with Crippen LogP contribution in [0.1, 0.15) is 70.9 Å². The van der Waals surface area contributed by atoms with E-state index in [-0.39, 0.29) is 55.5 Å². The van der Waals surface area contributed by atoms with E-state index < -0.39 is 92.9 Å². The lowest BCUT2D eigenvalue weighted by atomic mass is 9.99. The first kappa shape index (κ1) is 48.9. The molecule has 0 bridgehead atoms. The van der Waals surface area contributed by atoms with E-state index in [0.717, 1.165) is 18.2 Å². The van der Waals surface area contributed by atoms with Crippen LogP contribution in [0, 0.1) is 32.1 Å². The van der Waals surface area contributed by atoms with Crippen molar-refractivity contribution >= 4 is 52.5 Å². The van der Waals surface area contributed by atoms with Gasteiger partial charge in [0.2, 0.25) is 35.4 Å². The fourth-order valence-corrected chi connectivity index (χ4v) is 7.93. The molecule has 65 heavy (non-hydrogen) atoms. The molecule has 0 spiro atoms. The predicted molar refractivity (Wildman–Crippen MR) is 238 cm³/mol. The van der Waals surface area contributed by atoms with Gasteiger partial charge in [0.15, 0.2) is 0 Å². The van der Waals surface area contributed by atoms with Crippen LogP contribution in [0.5, 0.6) is 5.75 Å². The summed E-state index contributed by atoms with van der Waals surface area (Å²) in [6, 6.07) is 11.4. The van der Waals surface area contributed by atoms with E-state index in [1.54, 1.807) is 56.3 Å². The zero-order chi connectivity index (χ0) is 47.4. The third-order valence-electron chi connectivity index (χ3n) is 11.3. The van der Waals surface area contributed by atoms with Crippen LogP contribution in [0.3, 0.4) is 0 Å². The van der Waals surface area contributed by atoms with Crippen molar-refractivity contribution < 1.29 is 43.7 Å². The van der Waals surface area contributed by atoms with Gasteiger partial charge in [-0.05, 0) is 73.3 Å². The van der Waals surface area contributed by atoms with E-state index in [9.17, 15) is 54.1 Å². The van der Waals surface area contributed by atoms with Crippen LogP contribution in [0.2, 0.25) is 0 Å². The number of hydrogen-bond donors (Lipinski definition) is 7. The first-order valence-electron chi connectivity index (χ1n) is 21.7. The summed E-state index contributed by atoms with van der Waals surface area (Å²) in [6.45, 7) is 7.75. The minimum absolute atomic E-state index is 0.00931. The first-order chi connectivity index (χ1) is 30.9. The number of rotatable bonds is 20. The van der Waals surface area contributed by atoms with E-state index in [1.165, 1.54) is 17.0 Å². The smallest absolute Gasteiger partial charge is 0.299 e. The first-order valence-corrected chi connectivity index (χ1v) is 21.7. The van der Waals surface area contributed by atoms with Crippen molar-refractivity contribution in [3.63, 3.8) is 0 Å². The number of benzene rings is 3. The highest BCUT2D eigenvalue weighted by molar-refractivity contribution is 5.97. The van der Waals surface area contributed by atoms with Crippen molar-refractivity contribution in [3.05, 3.63) is 104 Å². The zero-order valence-corrected chi connectivity index (χ0v) is 36.8. The number of nitro groups is 2. The Balaban J connectivity index is 1.38. The molecule has 2 saturated heterocycles. The lowest BCUT2D eigenvalue weighted by molar-refractivity contribution is -0.393. The Kier molecular flexibility index (Phi) is 16.9. The average molecular weight is 900 g/mol. The number of phenolic OH excluding ortho intramolecular Hbond substituents is 1. The van der Waals surface area contributed by atoms with E-state index in [4.69, 9.17) is 0 Å². The van der Waals surface area contributed by atoms with Crippen molar-refractivity contribution in [2.45, 2.75) is 109 Å². The maximum atomic E-state index is 14.7. The van der Waals surface area contributed by atoms with Crippen LogP contribution in [-0.2, 0) is 41.6 Å². The summed E-state index contributed by atoms with van der Waals surface area (Å²) >= 11 is 0. The number of anilines is 1. The van der Waals surface area contributed by atoms with Gasteiger partial charge in [-0.3, -0.25) is 49.0 Å². The molecule has 20 nitrogen and oxygen atoms in total. The maximum absolute atomic E-state index is 14.7. The van der Waals surface area contributed by atoms with Gasteiger partial charge >= 0.3 is 0 Å². The average Bonchev–Trinajstić information content (AvgIpc) is 3.76. The van der Waals surface area contributed by atoms with Gasteiger partial charge in [-0.25, -0.2) is 0 Å². The molecule has 2 fully saturated rings. The number of amides is 6. The van der Waals surface area contributed by atoms with E-state index in [2.05, 4.69) is 31.9 Å². The fourth-order valence-electron chi connectivity index (χ4n) is 7.93. The van der Waals surface area contributed by atoms with E-state index in [0.29, 0.717) is 36.9 Å². The molecule has 7 N–H and O–H groups in total. The molecule has 6 atom stereocenters. The second-order valence-electron chi connectivity index (χ2n) is 17.1. The Labute approximate surface area is 376 Å². The van der Waals surface area contributed by atoms with E-state index in [1.807, 2.05) is 13.8 Å². The monoisotopic (exact) mass is 899 g/mol. The summed E-state index contributed by atoms with van der Waals surface area (Å²) in [7, 11) is 0. The number of phenols is 1. The SMILES string of the molecule is CC(C)C[C@H](Nc1ccc([N+](=O)[O-])cc1[N+](=O)[O-])C(=O)N[C@H](Cc1ccccc1)C(=O)N1CCC[C@H]1C(=O)N[C@H](Cc1ccc(O)cc1)C(=O)N[C@H](C(=O)N[C@H]1CCCNC1=O)C(C)C. The molecule has 2 aliphatic rings. The number of nitro benzene ring substituents is 2. The van der Waals surface area contributed by atoms with Crippen LogP contribution in [0.25, 0.3) is 0 Å². The third-order valence-corrected chi connectivity index (χ3v) is 11.3. The number of hydrogen-bond acceptors (Lipinski definition) is 12. The molecule has 3 aromatic rings. The number of carbonyl (C=O) groups is 6. The van der Waals surface area contributed by atoms with Crippen molar-refractivity contribution in [1.82, 2.24) is 31.5 Å². The van der Waals surface area contributed by atoms with Crippen LogP contribution >= 0.6 is 0 Å².